The number of allylic oxidation sites excluding steroid dienone is 1. The molecule has 0 radical (unpaired) electrons. The highest BCUT2D eigenvalue weighted by Crippen LogP contribution is 2.26. The molecule has 1 aliphatic rings. The molecule has 7 nitrogen and oxygen atoms in total. The van der Waals surface area contributed by atoms with E-state index in [4.69, 9.17) is 0 Å². The summed E-state index contributed by atoms with van der Waals surface area (Å²) < 4.78 is 25.8. The third kappa shape index (κ3) is 5.51. The fourth-order valence-electron chi connectivity index (χ4n) is 3.57. The number of carbonyl (C=O) groups is 1. The Hall–Kier alpha value is -2.13. The Bertz CT molecular complexity index is 987. The zero-order valence-corrected chi connectivity index (χ0v) is 19.0. The third-order valence-corrected chi connectivity index (χ3v) is 7.62. The van der Waals surface area contributed by atoms with Crippen LogP contribution in [0.15, 0.2) is 48.1 Å². The zero-order valence-electron chi connectivity index (χ0n) is 17.4. The number of hydrogen-bond acceptors (Lipinski definition) is 6. The lowest BCUT2D eigenvalue weighted by atomic mass is 10.1. The van der Waals surface area contributed by atoms with Gasteiger partial charge in [-0.2, -0.15) is 0 Å². The summed E-state index contributed by atoms with van der Waals surface area (Å²) in [5, 5.41) is 9.24. The fourth-order valence-corrected chi connectivity index (χ4v) is 6.13. The van der Waals surface area contributed by atoms with Gasteiger partial charge in [-0.15, -0.1) is 16.8 Å². The second kappa shape index (κ2) is 9.78. The molecule has 1 fully saturated rings. The molecule has 1 aliphatic heterocycles. The molecule has 9 heteroatoms. The van der Waals surface area contributed by atoms with E-state index in [1.807, 2.05) is 48.7 Å². The molecule has 3 rings (SSSR count). The summed E-state index contributed by atoms with van der Waals surface area (Å²) in [6, 6.07) is 9.52. The summed E-state index contributed by atoms with van der Waals surface area (Å²) in [4.78, 5) is 14.8. The Morgan fingerprint density at radius 1 is 1.33 bits per heavy atom. The van der Waals surface area contributed by atoms with E-state index in [1.165, 1.54) is 11.8 Å². The normalized spacial score (nSPS) is 17.9. The summed E-state index contributed by atoms with van der Waals surface area (Å²) in [5.41, 5.74) is 0.947. The molecule has 0 bridgehead atoms. The number of nitrogens with zero attached hydrogens (tertiary/aromatic N) is 4. The Morgan fingerprint density at radius 3 is 2.67 bits per heavy atom. The molecule has 1 amide bonds. The van der Waals surface area contributed by atoms with Gasteiger partial charge in [0.05, 0.1) is 17.3 Å². The van der Waals surface area contributed by atoms with Crippen molar-refractivity contribution in [3.8, 4) is 11.4 Å². The second-order valence-corrected chi connectivity index (χ2v) is 11.0. The number of amides is 1. The van der Waals surface area contributed by atoms with Crippen molar-refractivity contribution in [3.63, 3.8) is 0 Å². The van der Waals surface area contributed by atoms with Crippen LogP contribution in [0.25, 0.3) is 11.4 Å². The fraction of sp³-hybridized carbons (Fsp3) is 0.476. The van der Waals surface area contributed by atoms with Crippen LogP contribution in [-0.4, -0.2) is 63.8 Å². The first kappa shape index (κ1) is 22.6. The van der Waals surface area contributed by atoms with Crippen LogP contribution >= 0.6 is 11.8 Å². The molecule has 162 valence electrons. The van der Waals surface area contributed by atoms with Crippen molar-refractivity contribution in [2.45, 2.75) is 38.0 Å². The van der Waals surface area contributed by atoms with Crippen molar-refractivity contribution in [1.29, 1.82) is 0 Å². The second-order valence-electron chi connectivity index (χ2n) is 7.86. The van der Waals surface area contributed by atoms with Gasteiger partial charge in [-0.25, -0.2) is 8.42 Å². The molecule has 0 aliphatic carbocycles. The van der Waals surface area contributed by atoms with E-state index in [2.05, 4.69) is 16.8 Å². The van der Waals surface area contributed by atoms with Gasteiger partial charge in [0.15, 0.2) is 20.8 Å². The molecule has 0 saturated carbocycles. The van der Waals surface area contributed by atoms with Crippen molar-refractivity contribution in [2.75, 3.05) is 23.8 Å². The molecule has 1 aromatic carbocycles. The van der Waals surface area contributed by atoms with E-state index >= 15 is 0 Å². The van der Waals surface area contributed by atoms with Crippen molar-refractivity contribution in [3.05, 3.63) is 43.0 Å². The minimum absolute atomic E-state index is 0.0565. The van der Waals surface area contributed by atoms with E-state index in [0.29, 0.717) is 24.7 Å². The van der Waals surface area contributed by atoms with Crippen molar-refractivity contribution >= 4 is 27.5 Å². The van der Waals surface area contributed by atoms with E-state index < -0.39 is 9.84 Å². The van der Waals surface area contributed by atoms with Crippen LogP contribution in [0.2, 0.25) is 0 Å². The molecule has 1 atom stereocenters. The highest BCUT2D eigenvalue weighted by atomic mass is 32.2. The summed E-state index contributed by atoms with van der Waals surface area (Å²) >= 11 is 1.33. The standard InChI is InChI=1S/C21H28N4O3S2/c1-4-11-24-20(17-8-6-5-7-9-17)22-23-21(24)29-14-19(26)25(13-16(2)3)18-10-12-30(27,28)15-18/h4-9,16,18H,1,10-15H2,2-3H3/t18-/m1/s1. The average Bonchev–Trinajstić information content (AvgIpc) is 3.28. The number of thioether (sulfide) groups is 1. The first-order chi connectivity index (χ1) is 14.3. The van der Waals surface area contributed by atoms with Crippen molar-refractivity contribution in [1.82, 2.24) is 19.7 Å². The first-order valence-electron chi connectivity index (χ1n) is 10.0. The molecular formula is C21H28N4O3S2. The number of sulfone groups is 1. The van der Waals surface area contributed by atoms with Crippen LogP contribution in [0.3, 0.4) is 0 Å². The van der Waals surface area contributed by atoms with Crippen LogP contribution in [0.4, 0.5) is 0 Å². The van der Waals surface area contributed by atoms with Gasteiger partial charge in [-0.1, -0.05) is 62.0 Å². The number of benzene rings is 1. The van der Waals surface area contributed by atoms with Crippen LogP contribution in [-0.2, 0) is 21.2 Å². The van der Waals surface area contributed by atoms with Crippen molar-refractivity contribution in [2.24, 2.45) is 5.92 Å². The molecule has 0 spiro atoms. The largest absolute Gasteiger partial charge is 0.338 e. The van der Waals surface area contributed by atoms with Gasteiger partial charge in [-0.3, -0.25) is 9.36 Å². The third-order valence-electron chi connectivity index (χ3n) is 4.92. The van der Waals surface area contributed by atoms with Crippen LogP contribution in [0, 0.1) is 5.92 Å². The molecule has 2 heterocycles. The molecule has 1 aromatic heterocycles. The highest BCUT2D eigenvalue weighted by Gasteiger charge is 2.35. The Morgan fingerprint density at radius 2 is 2.07 bits per heavy atom. The SMILES string of the molecule is C=CCn1c(SCC(=O)N(CC(C)C)[C@@H]2CCS(=O)(=O)C2)nnc1-c1ccccc1. The number of carbonyl (C=O) groups excluding carboxylic acids is 1. The Kier molecular flexibility index (Phi) is 7.36. The Labute approximate surface area is 182 Å². The predicted octanol–water partition coefficient (Wildman–Crippen LogP) is 2.89. The van der Waals surface area contributed by atoms with Gasteiger partial charge in [0.2, 0.25) is 5.91 Å². The van der Waals surface area contributed by atoms with Gasteiger partial charge in [-0.05, 0) is 12.3 Å². The quantitative estimate of drug-likeness (QED) is 0.433. The maximum absolute atomic E-state index is 13.0. The van der Waals surface area contributed by atoms with E-state index in [0.717, 1.165) is 11.4 Å². The molecule has 2 aromatic rings. The number of aromatic nitrogens is 3. The summed E-state index contributed by atoms with van der Waals surface area (Å²) in [6.45, 7) is 8.96. The minimum atomic E-state index is -3.06. The maximum atomic E-state index is 13.0. The van der Waals surface area contributed by atoms with Crippen LogP contribution < -0.4 is 0 Å². The van der Waals surface area contributed by atoms with Gasteiger partial charge in [0.25, 0.3) is 0 Å². The highest BCUT2D eigenvalue weighted by molar-refractivity contribution is 7.99. The van der Waals surface area contributed by atoms with Crippen LogP contribution in [0.1, 0.15) is 20.3 Å². The average molecular weight is 449 g/mol. The lowest BCUT2D eigenvalue weighted by molar-refractivity contribution is -0.130. The monoisotopic (exact) mass is 448 g/mol. The number of rotatable bonds is 9. The topological polar surface area (TPSA) is 85.2 Å². The molecule has 30 heavy (non-hydrogen) atoms. The first-order valence-corrected chi connectivity index (χ1v) is 12.8. The lowest BCUT2D eigenvalue weighted by Crippen LogP contribution is -2.44. The molecule has 0 N–H and O–H groups in total. The van der Waals surface area contributed by atoms with Gasteiger partial charge < -0.3 is 4.90 Å². The molecule has 0 unspecified atom stereocenters. The van der Waals surface area contributed by atoms with E-state index in [1.54, 1.807) is 11.0 Å². The predicted molar refractivity (Wildman–Crippen MR) is 120 cm³/mol. The summed E-state index contributed by atoms with van der Waals surface area (Å²) in [7, 11) is -3.06. The summed E-state index contributed by atoms with van der Waals surface area (Å²) in [6.07, 6.45) is 2.28. The maximum Gasteiger partial charge on any atom is 0.233 e. The Balaban J connectivity index is 1.75. The number of hydrogen-bond donors (Lipinski definition) is 0. The van der Waals surface area contributed by atoms with Gasteiger partial charge >= 0.3 is 0 Å². The smallest absolute Gasteiger partial charge is 0.233 e. The zero-order chi connectivity index (χ0) is 21.7. The van der Waals surface area contributed by atoms with Crippen LogP contribution in [0.5, 0.6) is 0 Å². The molecule has 1 saturated heterocycles. The van der Waals surface area contributed by atoms with E-state index in [-0.39, 0.29) is 35.1 Å². The lowest BCUT2D eigenvalue weighted by Gasteiger charge is -2.29. The molecular weight excluding hydrogens is 420 g/mol. The van der Waals surface area contributed by atoms with E-state index in [9.17, 15) is 13.2 Å². The van der Waals surface area contributed by atoms with Gasteiger partial charge in [0.1, 0.15) is 0 Å². The summed E-state index contributed by atoms with van der Waals surface area (Å²) in [5.74, 6) is 1.32. The minimum Gasteiger partial charge on any atom is -0.338 e. The van der Waals surface area contributed by atoms with Gasteiger partial charge in [0, 0.05) is 24.7 Å². The van der Waals surface area contributed by atoms with Crippen molar-refractivity contribution < 1.29 is 13.2 Å².